The zero-order chi connectivity index (χ0) is 11.0. The third kappa shape index (κ3) is 1.83. The van der Waals surface area contributed by atoms with Crippen molar-refractivity contribution in [2.45, 2.75) is 18.9 Å². The van der Waals surface area contributed by atoms with E-state index in [0.717, 1.165) is 11.1 Å². The van der Waals surface area contributed by atoms with E-state index < -0.39 is 17.7 Å². The van der Waals surface area contributed by atoms with Crippen LogP contribution in [0.4, 0.5) is 8.78 Å². The van der Waals surface area contributed by atoms with Crippen LogP contribution in [0.1, 0.15) is 24.4 Å². The van der Waals surface area contributed by atoms with Gasteiger partial charge in [-0.1, -0.05) is 0 Å². The van der Waals surface area contributed by atoms with Gasteiger partial charge in [0.05, 0.1) is 6.04 Å². The largest absolute Gasteiger partial charge is 0.273 e. The number of hydrogen-bond donors (Lipinski definition) is 1. The molecule has 1 aliphatic heterocycles. The molecule has 1 fully saturated rings. The second-order valence-corrected chi connectivity index (χ2v) is 3.56. The van der Waals surface area contributed by atoms with Gasteiger partial charge < -0.3 is 0 Å². The van der Waals surface area contributed by atoms with E-state index in [1.807, 2.05) is 0 Å². The second kappa shape index (κ2) is 3.58. The minimum Gasteiger partial charge on any atom is -0.273 e. The summed E-state index contributed by atoms with van der Waals surface area (Å²) in [6.07, 6.45) is 0.817. The van der Waals surface area contributed by atoms with E-state index in [2.05, 4.69) is 0 Å². The lowest BCUT2D eigenvalue weighted by molar-refractivity contribution is -0.129. The minimum absolute atomic E-state index is 0.204. The van der Waals surface area contributed by atoms with Gasteiger partial charge in [0.25, 0.3) is 0 Å². The van der Waals surface area contributed by atoms with Crippen LogP contribution < -0.4 is 5.84 Å². The van der Waals surface area contributed by atoms with Gasteiger partial charge in [-0.15, -0.1) is 0 Å². The Bertz CT molecular complexity index is 388. The van der Waals surface area contributed by atoms with Crippen LogP contribution in [0.25, 0.3) is 0 Å². The van der Waals surface area contributed by atoms with Gasteiger partial charge >= 0.3 is 0 Å². The number of benzene rings is 1. The Labute approximate surface area is 85.4 Å². The summed E-state index contributed by atoms with van der Waals surface area (Å²) in [5, 5.41) is 1.04. The lowest BCUT2D eigenvalue weighted by atomic mass is 10.1. The summed E-state index contributed by atoms with van der Waals surface area (Å²) in [7, 11) is 0. The van der Waals surface area contributed by atoms with Crippen molar-refractivity contribution in [1.29, 1.82) is 0 Å². The molecule has 0 aromatic heterocycles. The van der Waals surface area contributed by atoms with Crippen LogP contribution in [-0.4, -0.2) is 10.9 Å². The van der Waals surface area contributed by atoms with Gasteiger partial charge in [-0.25, -0.2) is 14.6 Å². The van der Waals surface area contributed by atoms with Crippen molar-refractivity contribution >= 4 is 5.91 Å². The molecule has 1 unspecified atom stereocenters. The van der Waals surface area contributed by atoms with Gasteiger partial charge in [-0.3, -0.25) is 9.80 Å². The van der Waals surface area contributed by atoms with Crippen molar-refractivity contribution in [3.05, 3.63) is 35.4 Å². The average Bonchev–Trinajstić information content (AvgIpc) is 2.46. The van der Waals surface area contributed by atoms with E-state index in [1.54, 1.807) is 0 Å². The first-order valence-corrected chi connectivity index (χ1v) is 4.60. The number of carbonyl (C=O) groups excluding carboxylic acids is 1. The second-order valence-electron chi connectivity index (χ2n) is 3.56. The molecule has 5 heteroatoms. The Kier molecular flexibility index (Phi) is 2.40. The molecule has 1 atom stereocenters. The molecule has 1 aromatic rings. The standard InChI is InChI=1S/C10H10F2N2O/c11-7-3-6(4-8(12)5-7)9-1-2-10(15)14(9)13/h3-5,9H,1-2,13H2. The molecule has 3 nitrogen and oxygen atoms in total. The molecule has 15 heavy (non-hydrogen) atoms. The third-order valence-corrected chi connectivity index (χ3v) is 2.53. The Morgan fingerprint density at radius 3 is 2.33 bits per heavy atom. The van der Waals surface area contributed by atoms with Crippen molar-refractivity contribution in [2.75, 3.05) is 0 Å². The number of carbonyl (C=O) groups is 1. The Morgan fingerprint density at radius 1 is 1.27 bits per heavy atom. The first kappa shape index (κ1) is 10.0. The van der Waals surface area contributed by atoms with E-state index in [0.29, 0.717) is 18.4 Å². The summed E-state index contributed by atoms with van der Waals surface area (Å²) in [4.78, 5) is 11.1. The first-order chi connectivity index (χ1) is 7.08. The van der Waals surface area contributed by atoms with E-state index >= 15 is 0 Å². The number of halogens is 2. The number of nitrogens with zero attached hydrogens (tertiary/aromatic N) is 1. The molecule has 80 valence electrons. The predicted octanol–water partition coefficient (Wildman–Crippen LogP) is 1.50. The Balaban J connectivity index is 2.33. The highest BCUT2D eigenvalue weighted by molar-refractivity contribution is 5.78. The van der Waals surface area contributed by atoms with Crippen LogP contribution in [0.15, 0.2) is 18.2 Å². The maximum Gasteiger partial charge on any atom is 0.237 e. The molecule has 1 saturated heterocycles. The average molecular weight is 212 g/mol. The lowest BCUT2D eigenvalue weighted by Crippen LogP contribution is -2.34. The van der Waals surface area contributed by atoms with Crippen LogP contribution in [0, 0.1) is 11.6 Å². The van der Waals surface area contributed by atoms with Gasteiger partial charge in [0.1, 0.15) is 11.6 Å². The highest BCUT2D eigenvalue weighted by Crippen LogP contribution is 2.30. The zero-order valence-electron chi connectivity index (χ0n) is 7.91. The normalized spacial score (nSPS) is 21.1. The fraction of sp³-hybridized carbons (Fsp3) is 0.300. The maximum absolute atomic E-state index is 12.9. The highest BCUT2D eigenvalue weighted by atomic mass is 19.1. The summed E-state index contributed by atoms with van der Waals surface area (Å²) < 4.78 is 25.8. The van der Waals surface area contributed by atoms with Gasteiger partial charge in [0.15, 0.2) is 0 Å². The summed E-state index contributed by atoms with van der Waals surface area (Å²) in [6, 6.07) is 2.78. The summed E-state index contributed by atoms with van der Waals surface area (Å²) in [6.45, 7) is 0. The SMILES string of the molecule is NN1C(=O)CCC1c1cc(F)cc(F)c1. The lowest BCUT2D eigenvalue weighted by Gasteiger charge is -2.19. The molecule has 1 aromatic carbocycles. The van der Waals surface area contributed by atoms with E-state index in [4.69, 9.17) is 5.84 Å². The highest BCUT2D eigenvalue weighted by Gasteiger charge is 2.30. The molecule has 1 amide bonds. The van der Waals surface area contributed by atoms with Crippen LogP contribution in [0.3, 0.4) is 0 Å². The van der Waals surface area contributed by atoms with Crippen LogP contribution in [0.5, 0.6) is 0 Å². The fourth-order valence-corrected chi connectivity index (χ4v) is 1.80. The molecular formula is C10H10F2N2O. The number of hydrazine groups is 1. The van der Waals surface area contributed by atoms with Gasteiger partial charge in [0.2, 0.25) is 5.91 Å². The third-order valence-electron chi connectivity index (χ3n) is 2.53. The van der Waals surface area contributed by atoms with Gasteiger partial charge in [-0.05, 0) is 24.1 Å². The summed E-state index contributed by atoms with van der Waals surface area (Å²) in [5.74, 6) is 3.98. The molecule has 1 heterocycles. The number of nitrogens with two attached hydrogens (primary N) is 1. The van der Waals surface area contributed by atoms with Crippen molar-refractivity contribution in [2.24, 2.45) is 5.84 Å². The van der Waals surface area contributed by atoms with Gasteiger partial charge in [0, 0.05) is 12.5 Å². The molecule has 0 saturated carbocycles. The Morgan fingerprint density at radius 2 is 1.87 bits per heavy atom. The van der Waals surface area contributed by atoms with E-state index in [-0.39, 0.29) is 5.91 Å². The van der Waals surface area contributed by atoms with Crippen LogP contribution in [0.2, 0.25) is 0 Å². The van der Waals surface area contributed by atoms with Crippen LogP contribution in [-0.2, 0) is 4.79 Å². The molecule has 0 spiro atoms. The smallest absolute Gasteiger partial charge is 0.237 e. The van der Waals surface area contributed by atoms with Crippen molar-refractivity contribution in [1.82, 2.24) is 5.01 Å². The molecule has 0 bridgehead atoms. The predicted molar refractivity (Wildman–Crippen MR) is 49.4 cm³/mol. The van der Waals surface area contributed by atoms with E-state index in [1.165, 1.54) is 12.1 Å². The molecular weight excluding hydrogens is 202 g/mol. The van der Waals surface area contributed by atoms with Crippen molar-refractivity contribution < 1.29 is 13.6 Å². The quantitative estimate of drug-likeness (QED) is 0.566. The number of amides is 1. The Hall–Kier alpha value is -1.49. The first-order valence-electron chi connectivity index (χ1n) is 4.60. The maximum atomic E-state index is 12.9. The summed E-state index contributed by atoms with van der Waals surface area (Å²) >= 11 is 0. The minimum atomic E-state index is -0.655. The van der Waals surface area contributed by atoms with Crippen molar-refractivity contribution in [3.63, 3.8) is 0 Å². The molecule has 2 rings (SSSR count). The number of hydrogen-bond acceptors (Lipinski definition) is 2. The van der Waals surface area contributed by atoms with Crippen molar-refractivity contribution in [3.8, 4) is 0 Å². The molecule has 2 N–H and O–H groups in total. The summed E-state index contributed by atoms with van der Waals surface area (Å²) in [5.41, 5.74) is 0.404. The van der Waals surface area contributed by atoms with E-state index in [9.17, 15) is 13.6 Å². The monoisotopic (exact) mass is 212 g/mol. The topological polar surface area (TPSA) is 46.3 Å². The molecule has 0 aliphatic carbocycles. The number of rotatable bonds is 1. The van der Waals surface area contributed by atoms with Gasteiger partial charge in [-0.2, -0.15) is 0 Å². The zero-order valence-corrected chi connectivity index (χ0v) is 7.91. The van der Waals surface area contributed by atoms with Crippen LogP contribution >= 0.6 is 0 Å². The molecule has 1 aliphatic rings. The molecule has 0 radical (unpaired) electrons. The fourth-order valence-electron chi connectivity index (χ4n) is 1.80.